The maximum absolute atomic E-state index is 13.8. The minimum atomic E-state index is -3.21. The summed E-state index contributed by atoms with van der Waals surface area (Å²) in [5.74, 6) is 0.882. The van der Waals surface area contributed by atoms with Gasteiger partial charge in [-0.3, -0.25) is 4.98 Å². The average molecular weight is 453 g/mol. The molecule has 2 aromatic carbocycles. The van der Waals surface area contributed by atoms with Gasteiger partial charge in [0.2, 0.25) is 0 Å². The molecule has 0 aliphatic carbocycles. The molecular formula is C23H21FN4O3S. The van der Waals surface area contributed by atoms with E-state index in [2.05, 4.69) is 20.3 Å². The second-order valence-corrected chi connectivity index (χ2v) is 9.51. The van der Waals surface area contributed by atoms with Gasteiger partial charge in [0.15, 0.2) is 15.7 Å². The van der Waals surface area contributed by atoms with Gasteiger partial charge in [-0.2, -0.15) is 0 Å². The van der Waals surface area contributed by atoms with Crippen LogP contribution in [-0.2, 0) is 9.84 Å². The molecule has 4 aromatic rings. The van der Waals surface area contributed by atoms with E-state index in [9.17, 15) is 12.8 Å². The van der Waals surface area contributed by atoms with Crippen LogP contribution < -0.4 is 10.1 Å². The van der Waals surface area contributed by atoms with Crippen LogP contribution in [0.3, 0.4) is 0 Å². The van der Waals surface area contributed by atoms with Gasteiger partial charge in [0.25, 0.3) is 0 Å². The number of hydrogen-bond acceptors (Lipinski definition) is 7. The Morgan fingerprint density at radius 1 is 1.03 bits per heavy atom. The Kier molecular flexibility index (Phi) is 6.00. The van der Waals surface area contributed by atoms with Crippen LogP contribution in [0, 0.1) is 5.82 Å². The predicted octanol–water partition coefficient (Wildman–Crippen LogP) is 3.96. The molecule has 1 N–H and O–H groups in total. The van der Waals surface area contributed by atoms with Crippen molar-refractivity contribution in [3.8, 4) is 28.3 Å². The third-order valence-corrected chi connectivity index (χ3v) is 5.70. The highest BCUT2D eigenvalue weighted by Crippen LogP contribution is 2.36. The third kappa shape index (κ3) is 4.83. The van der Waals surface area contributed by atoms with Crippen LogP contribution in [0.4, 0.5) is 10.2 Å². The van der Waals surface area contributed by atoms with E-state index in [4.69, 9.17) is 4.74 Å². The van der Waals surface area contributed by atoms with Gasteiger partial charge in [0.1, 0.15) is 29.5 Å². The van der Waals surface area contributed by atoms with Crippen LogP contribution in [0.5, 0.6) is 5.75 Å². The van der Waals surface area contributed by atoms with E-state index in [-0.39, 0.29) is 18.2 Å². The van der Waals surface area contributed by atoms with Crippen molar-refractivity contribution in [2.24, 2.45) is 0 Å². The molecular weight excluding hydrogens is 431 g/mol. The number of rotatable bonds is 7. The number of nitrogens with one attached hydrogen (secondary N) is 1. The molecule has 4 rings (SSSR count). The fourth-order valence-electron chi connectivity index (χ4n) is 3.26. The standard InChI is InChI=1S/C23H21FN4O3S/c1-25-23-19-12-17(15-5-3-7-18(24)11-15)13-20(31-9-10-32(2,29)30)21(19)27-22(28-23)16-6-4-8-26-14-16/h3-8,11-14H,9-10H2,1-2H3,(H,25,27,28). The van der Waals surface area contributed by atoms with Crippen molar-refractivity contribution in [3.63, 3.8) is 0 Å². The van der Waals surface area contributed by atoms with E-state index in [1.54, 1.807) is 43.7 Å². The van der Waals surface area contributed by atoms with E-state index < -0.39 is 9.84 Å². The van der Waals surface area contributed by atoms with Gasteiger partial charge in [0.05, 0.1) is 5.75 Å². The maximum Gasteiger partial charge on any atom is 0.163 e. The monoisotopic (exact) mass is 452 g/mol. The number of fused-ring (bicyclic) bond motifs is 1. The molecule has 0 saturated heterocycles. The topological polar surface area (TPSA) is 94.1 Å². The number of pyridine rings is 1. The number of anilines is 1. The van der Waals surface area contributed by atoms with Crippen LogP contribution in [0.25, 0.3) is 33.4 Å². The first-order chi connectivity index (χ1) is 15.3. The predicted molar refractivity (Wildman–Crippen MR) is 123 cm³/mol. The lowest BCUT2D eigenvalue weighted by molar-refractivity contribution is 0.344. The number of hydrogen-bond donors (Lipinski definition) is 1. The highest BCUT2D eigenvalue weighted by molar-refractivity contribution is 7.90. The van der Waals surface area contributed by atoms with Crippen molar-refractivity contribution < 1.29 is 17.5 Å². The summed E-state index contributed by atoms with van der Waals surface area (Å²) in [5, 5.41) is 3.74. The molecule has 164 valence electrons. The van der Waals surface area contributed by atoms with Crippen molar-refractivity contribution in [3.05, 3.63) is 66.7 Å². The molecule has 0 amide bonds. The van der Waals surface area contributed by atoms with E-state index in [1.807, 2.05) is 12.1 Å². The Bertz CT molecular complexity index is 1380. The Morgan fingerprint density at radius 2 is 1.84 bits per heavy atom. The first kappa shape index (κ1) is 21.6. The van der Waals surface area contributed by atoms with Gasteiger partial charge in [-0.1, -0.05) is 12.1 Å². The molecule has 0 atom stereocenters. The molecule has 0 radical (unpaired) electrons. The lowest BCUT2D eigenvalue weighted by Crippen LogP contribution is -2.12. The van der Waals surface area contributed by atoms with Crippen LogP contribution in [0.15, 0.2) is 60.9 Å². The second kappa shape index (κ2) is 8.88. The molecule has 32 heavy (non-hydrogen) atoms. The number of nitrogens with zero attached hydrogens (tertiary/aromatic N) is 3. The zero-order valence-electron chi connectivity index (χ0n) is 17.5. The van der Waals surface area contributed by atoms with Gasteiger partial charge in [-0.25, -0.2) is 22.8 Å². The summed E-state index contributed by atoms with van der Waals surface area (Å²) in [6.45, 7) is -0.0400. The fraction of sp³-hybridized carbons (Fsp3) is 0.174. The first-order valence-corrected chi connectivity index (χ1v) is 11.9. The molecule has 0 saturated carbocycles. The first-order valence-electron chi connectivity index (χ1n) is 9.84. The van der Waals surface area contributed by atoms with Crippen LogP contribution in [0.2, 0.25) is 0 Å². The molecule has 0 fully saturated rings. The number of sulfone groups is 1. The van der Waals surface area contributed by atoms with Crippen molar-refractivity contribution in [1.82, 2.24) is 15.0 Å². The molecule has 0 spiro atoms. The lowest BCUT2D eigenvalue weighted by atomic mass is 10.0. The molecule has 0 aliphatic rings. The molecule has 7 nitrogen and oxygen atoms in total. The Morgan fingerprint density at radius 3 is 2.53 bits per heavy atom. The number of ether oxygens (including phenoxy) is 1. The number of aromatic nitrogens is 3. The van der Waals surface area contributed by atoms with Gasteiger partial charge in [-0.15, -0.1) is 0 Å². The summed E-state index contributed by atoms with van der Waals surface area (Å²) >= 11 is 0. The quantitative estimate of drug-likeness (QED) is 0.453. The zero-order valence-corrected chi connectivity index (χ0v) is 18.4. The van der Waals surface area contributed by atoms with Gasteiger partial charge in [-0.05, 0) is 47.5 Å². The van der Waals surface area contributed by atoms with Gasteiger partial charge < -0.3 is 10.1 Å². The summed E-state index contributed by atoms with van der Waals surface area (Å²) in [6.07, 6.45) is 4.47. The minimum Gasteiger partial charge on any atom is -0.490 e. The lowest BCUT2D eigenvalue weighted by Gasteiger charge is -2.15. The van der Waals surface area contributed by atoms with Gasteiger partial charge in [0, 0.05) is 36.6 Å². The highest BCUT2D eigenvalue weighted by Gasteiger charge is 2.16. The van der Waals surface area contributed by atoms with Crippen LogP contribution in [-0.4, -0.2) is 49.0 Å². The molecule has 0 aliphatic heterocycles. The van der Waals surface area contributed by atoms with Crippen LogP contribution >= 0.6 is 0 Å². The van der Waals surface area contributed by atoms with Gasteiger partial charge >= 0.3 is 0 Å². The normalized spacial score (nSPS) is 11.5. The number of benzene rings is 2. The molecule has 9 heteroatoms. The fourth-order valence-corrected chi connectivity index (χ4v) is 3.65. The van der Waals surface area contributed by atoms with Crippen LogP contribution in [0.1, 0.15) is 0 Å². The summed E-state index contributed by atoms with van der Waals surface area (Å²) in [7, 11) is -1.46. The second-order valence-electron chi connectivity index (χ2n) is 7.25. The van der Waals surface area contributed by atoms with E-state index in [0.29, 0.717) is 39.4 Å². The SMILES string of the molecule is CNc1nc(-c2cccnc2)nc2c(OCCS(C)(=O)=O)cc(-c3cccc(F)c3)cc12. The zero-order chi connectivity index (χ0) is 22.7. The van der Waals surface area contributed by atoms with E-state index in [0.717, 1.165) is 11.8 Å². The summed E-state index contributed by atoms with van der Waals surface area (Å²) in [5.41, 5.74) is 2.58. The Hall–Kier alpha value is -3.59. The van der Waals surface area contributed by atoms with Crippen molar-refractivity contribution in [2.45, 2.75) is 0 Å². The van der Waals surface area contributed by atoms with Crippen molar-refractivity contribution in [1.29, 1.82) is 0 Å². The Balaban J connectivity index is 1.91. The van der Waals surface area contributed by atoms with Crippen molar-refractivity contribution >= 4 is 26.6 Å². The van der Waals surface area contributed by atoms with Crippen molar-refractivity contribution in [2.75, 3.05) is 31.0 Å². The highest BCUT2D eigenvalue weighted by atomic mass is 32.2. The molecule has 2 aromatic heterocycles. The third-order valence-electron chi connectivity index (χ3n) is 4.79. The van der Waals surface area contributed by atoms with E-state index >= 15 is 0 Å². The molecule has 0 bridgehead atoms. The van der Waals surface area contributed by atoms with E-state index in [1.165, 1.54) is 12.1 Å². The summed E-state index contributed by atoms with van der Waals surface area (Å²) < 4.78 is 42.9. The Labute approximate surface area is 185 Å². The number of halogens is 1. The average Bonchev–Trinajstić information content (AvgIpc) is 2.78. The smallest absolute Gasteiger partial charge is 0.163 e. The molecule has 0 unspecified atom stereocenters. The maximum atomic E-state index is 13.8. The summed E-state index contributed by atoms with van der Waals surface area (Å²) in [6, 6.07) is 13.4. The largest absolute Gasteiger partial charge is 0.490 e. The molecule has 2 heterocycles. The minimum absolute atomic E-state index is 0.0400. The summed E-state index contributed by atoms with van der Waals surface area (Å²) in [4.78, 5) is 13.4.